The van der Waals surface area contributed by atoms with Crippen molar-refractivity contribution in [2.45, 2.75) is 39.2 Å². The van der Waals surface area contributed by atoms with Gasteiger partial charge in [-0.15, -0.1) is 0 Å². The number of rotatable bonds is 12. The lowest BCUT2D eigenvalue weighted by molar-refractivity contribution is -0.385. The Bertz CT molecular complexity index is 1240. The highest BCUT2D eigenvalue weighted by atomic mass is 35.5. The molecule has 1 N–H and O–H groups in total. The van der Waals surface area contributed by atoms with Crippen LogP contribution < -0.4 is 10.2 Å². The maximum absolute atomic E-state index is 12.9. The zero-order chi connectivity index (χ0) is 29.3. The molecule has 11 nitrogen and oxygen atoms in total. The second-order valence-electron chi connectivity index (χ2n) is 7.64. The molecule has 0 radical (unpaired) electrons. The van der Waals surface area contributed by atoms with Gasteiger partial charge in [0, 0.05) is 6.07 Å². The molecule has 0 spiro atoms. The van der Waals surface area contributed by atoms with Crippen molar-refractivity contribution in [1.29, 1.82) is 0 Å². The van der Waals surface area contributed by atoms with Gasteiger partial charge < -0.3 is 18.9 Å². The van der Waals surface area contributed by atoms with Crippen LogP contribution in [0, 0.1) is 10.1 Å². The van der Waals surface area contributed by atoms with Crippen LogP contribution in [0.5, 0.6) is 11.5 Å². The molecule has 2 aromatic rings. The molecule has 0 aromatic heterocycles. The highest BCUT2D eigenvalue weighted by Crippen LogP contribution is 2.38. The molecule has 2 aromatic carbocycles. The van der Waals surface area contributed by atoms with Gasteiger partial charge in [-0.2, -0.15) is 13.2 Å². The molecule has 15 heteroatoms. The molecule has 0 amide bonds. The highest BCUT2D eigenvalue weighted by molar-refractivity contribution is 6.32. The van der Waals surface area contributed by atoms with Gasteiger partial charge in [0.2, 0.25) is 0 Å². The van der Waals surface area contributed by atoms with Crippen LogP contribution in [0.3, 0.4) is 0 Å². The number of hydrogen-bond donors (Lipinski definition) is 1. The molecular weight excluding hydrogens is 553 g/mol. The Kier molecular flexibility index (Phi) is 10.9. The summed E-state index contributed by atoms with van der Waals surface area (Å²) in [7, 11) is 1.24. The lowest BCUT2D eigenvalue weighted by atomic mass is 10.1. The molecule has 2 atom stereocenters. The van der Waals surface area contributed by atoms with Crippen molar-refractivity contribution in [3.05, 3.63) is 68.9 Å². The first-order valence-corrected chi connectivity index (χ1v) is 11.5. The number of hydroxylamine groups is 1. The number of carbonyl (C=O) groups excluding carboxylic acids is 2. The van der Waals surface area contributed by atoms with Crippen molar-refractivity contribution < 1.29 is 51.5 Å². The first-order chi connectivity index (χ1) is 18.3. The van der Waals surface area contributed by atoms with Gasteiger partial charge in [0.1, 0.15) is 23.5 Å². The third kappa shape index (κ3) is 8.75. The van der Waals surface area contributed by atoms with Crippen molar-refractivity contribution in [3.8, 4) is 11.5 Å². The number of nitrogens with zero attached hydrogens (tertiary/aromatic N) is 1. The van der Waals surface area contributed by atoms with Crippen molar-refractivity contribution in [3.63, 3.8) is 0 Å². The first kappa shape index (κ1) is 31.2. The van der Waals surface area contributed by atoms with Crippen LogP contribution in [-0.2, 0) is 34.8 Å². The predicted octanol–water partition coefficient (Wildman–Crippen LogP) is 5.41. The molecule has 0 aliphatic carbocycles. The SMILES string of the molecule is CCOC(=O)C(C)OC(=O)C(C)ONC(=COC)c1cc(Oc2ccc(C(F)(F)F)cc2Cl)ccc1[N+](=O)[O-]. The van der Waals surface area contributed by atoms with E-state index in [9.17, 15) is 32.9 Å². The minimum absolute atomic E-state index is 0.0308. The molecule has 0 bridgehead atoms. The minimum atomic E-state index is -4.62. The summed E-state index contributed by atoms with van der Waals surface area (Å²) in [5, 5.41) is 11.3. The molecule has 0 saturated carbocycles. The molecule has 212 valence electrons. The fourth-order valence-electron chi connectivity index (χ4n) is 2.88. The van der Waals surface area contributed by atoms with Crippen molar-refractivity contribution >= 4 is 34.9 Å². The minimum Gasteiger partial charge on any atom is -0.502 e. The summed E-state index contributed by atoms with van der Waals surface area (Å²) in [6.07, 6.45) is -6.08. The van der Waals surface area contributed by atoms with E-state index in [-0.39, 0.29) is 34.4 Å². The third-order valence-corrected chi connectivity index (χ3v) is 5.06. The largest absolute Gasteiger partial charge is 0.502 e. The summed E-state index contributed by atoms with van der Waals surface area (Å²) in [6.45, 7) is 4.28. The van der Waals surface area contributed by atoms with Gasteiger partial charge in [0.05, 0.1) is 34.8 Å². The number of esters is 2. The number of nitrogens with one attached hydrogen (secondary N) is 1. The number of alkyl halides is 3. The van der Waals surface area contributed by atoms with Gasteiger partial charge >= 0.3 is 18.1 Å². The third-order valence-electron chi connectivity index (χ3n) is 4.77. The Morgan fingerprint density at radius 3 is 2.38 bits per heavy atom. The van der Waals surface area contributed by atoms with E-state index in [4.69, 9.17) is 35.4 Å². The average molecular weight is 577 g/mol. The number of halogens is 4. The van der Waals surface area contributed by atoms with E-state index in [0.717, 1.165) is 24.5 Å². The number of hydrogen-bond acceptors (Lipinski definition) is 10. The van der Waals surface area contributed by atoms with Crippen LogP contribution in [-0.4, -0.2) is 42.8 Å². The Morgan fingerprint density at radius 2 is 1.82 bits per heavy atom. The van der Waals surface area contributed by atoms with Crippen LogP contribution in [0.15, 0.2) is 42.7 Å². The quantitative estimate of drug-likeness (QED) is 0.151. The Labute approximate surface area is 225 Å². The molecule has 0 saturated heterocycles. The highest BCUT2D eigenvalue weighted by Gasteiger charge is 2.31. The van der Waals surface area contributed by atoms with Gasteiger partial charge in [0.25, 0.3) is 5.69 Å². The van der Waals surface area contributed by atoms with Crippen LogP contribution in [0.2, 0.25) is 5.02 Å². The van der Waals surface area contributed by atoms with E-state index >= 15 is 0 Å². The lowest BCUT2D eigenvalue weighted by Crippen LogP contribution is -2.34. The van der Waals surface area contributed by atoms with Gasteiger partial charge in [-0.1, -0.05) is 11.6 Å². The summed E-state index contributed by atoms with van der Waals surface area (Å²) in [5.41, 5.74) is 0.681. The average Bonchev–Trinajstić information content (AvgIpc) is 2.86. The molecule has 0 fully saturated rings. The van der Waals surface area contributed by atoms with Crippen molar-refractivity contribution in [2.24, 2.45) is 0 Å². The first-order valence-electron chi connectivity index (χ1n) is 11.1. The Hall–Kier alpha value is -4.04. The number of methoxy groups -OCH3 is 1. The maximum Gasteiger partial charge on any atom is 0.416 e. The summed E-state index contributed by atoms with van der Waals surface area (Å²) in [4.78, 5) is 40.1. The zero-order valence-corrected chi connectivity index (χ0v) is 21.8. The molecule has 2 rings (SSSR count). The topological polar surface area (TPSA) is 135 Å². The summed E-state index contributed by atoms with van der Waals surface area (Å²) in [5.74, 6) is -1.87. The summed E-state index contributed by atoms with van der Waals surface area (Å²) >= 11 is 5.94. The number of benzene rings is 2. The van der Waals surface area contributed by atoms with E-state index in [1.807, 2.05) is 0 Å². The summed E-state index contributed by atoms with van der Waals surface area (Å²) in [6, 6.07) is 5.91. The number of ether oxygens (including phenoxy) is 4. The van der Waals surface area contributed by atoms with E-state index < -0.39 is 46.5 Å². The maximum atomic E-state index is 12.9. The number of carbonyl (C=O) groups is 2. The Balaban J connectivity index is 2.27. The van der Waals surface area contributed by atoms with E-state index in [2.05, 4.69) is 5.48 Å². The van der Waals surface area contributed by atoms with Gasteiger partial charge in [0.15, 0.2) is 12.2 Å². The standard InChI is InChI=1S/C24H24ClF3N2O9/c1-5-36-22(31)13(2)37-23(32)14(3)39-29-19(12-35-4)17-11-16(7-8-20(17)30(33)34)38-21-9-6-15(10-18(21)25)24(26,27)28/h6-14,29H,5H2,1-4H3. The van der Waals surface area contributed by atoms with Gasteiger partial charge in [-0.3, -0.25) is 20.4 Å². The van der Waals surface area contributed by atoms with Crippen LogP contribution in [0.25, 0.3) is 5.70 Å². The zero-order valence-electron chi connectivity index (χ0n) is 21.0. The van der Waals surface area contributed by atoms with E-state index in [0.29, 0.717) is 6.07 Å². The molecule has 39 heavy (non-hydrogen) atoms. The molecular formula is C24H24ClF3N2O9. The van der Waals surface area contributed by atoms with Crippen LogP contribution >= 0.6 is 11.6 Å². The van der Waals surface area contributed by atoms with Crippen molar-refractivity contribution in [1.82, 2.24) is 5.48 Å². The Morgan fingerprint density at radius 1 is 1.13 bits per heavy atom. The van der Waals surface area contributed by atoms with Crippen LogP contribution in [0.1, 0.15) is 31.9 Å². The molecule has 0 aliphatic rings. The fraction of sp³-hybridized carbons (Fsp3) is 0.333. The normalized spacial score (nSPS) is 13.2. The number of nitro benzene ring substituents is 1. The molecule has 2 unspecified atom stereocenters. The van der Waals surface area contributed by atoms with Crippen LogP contribution in [0.4, 0.5) is 18.9 Å². The van der Waals surface area contributed by atoms with Gasteiger partial charge in [-0.05, 0) is 51.1 Å². The van der Waals surface area contributed by atoms with Gasteiger partial charge in [-0.25, -0.2) is 9.59 Å². The van der Waals surface area contributed by atoms with Crippen molar-refractivity contribution in [2.75, 3.05) is 13.7 Å². The smallest absolute Gasteiger partial charge is 0.416 e. The van der Waals surface area contributed by atoms with E-state index in [1.165, 1.54) is 33.1 Å². The molecule has 0 aliphatic heterocycles. The molecule has 0 heterocycles. The number of nitro groups is 1. The monoisotopic (exact) mass is 576 g/mol. The second kappa shape index (κ2) is 13.7. The summed E-state index contributed by atoms with van der Waals surface area (Å²) < 4.78 is 59.0. The predicted molar refractivity (Wildman–Crippen MR) is 130 cm³/mol. The second-order valence-corrected chi connectivity index (χ2v) is 8.05. The van der Waals surface area contributed by atoms with E-state index in [1.54, 1.807) is 6.92 Å². The lowest BCUT2D eigenvalue weighted by Gasteiger charge is -2.18. The fourth-order valence-corrected chi connectivity index (χ4v) is 3.10.